The maximum absolute atomic E-state index is 13.4. The van der Waals surface area contributed by atoms with Crippen LogP contribution in [0.15, 0.2) is 24.3 Å². The Labute approximate surface area is 124 Å². The highest BCUT2D eigenvalue weighted by atomic mass is 19.1. The lowest BCUT2D eigenvalue weighted by Crippen LogP contribution is -2.57. The number of anilines is 1. The van der Waals surface area contributed by atoms with Crippen molar-refractivity contribution in [3.63, 3.8) is 0 Å². The summed E-state index contributed by atoms with van der Waals surface area (Å²) in [7, 11) is 1.42. The highest BCUT2D eigenvalue weighted by Crippen LogP contribution is 2.36. The van der Waals surface area contributed by atoms with E-state index in [1.807, 2.05) is 0 Å². The van der Waals surface area contributed by atoms with Gasteiger partial charge in [0.2, 0.25) is 0 Å². The third-order valence-corrected chi connectivity index (χ3v) is 4.69. The predicted molar refractivity (Wildman–Crippen MR) is 78.6 cm³/mol. The van der Waals surface area contributed by atoms with E-state index in [1.165, 1.54) is 25.7 Å². The summed E-state index contributed by atoms with van der Waals surface area (Å²) in [5.41, 5.74) is -0.111. The van der Waals surface area contributed by atoms with Gasteiger partial charge >= 0.3 is 5.97 Å². The maximum atomic E-state index is 13.4. The molecule has 5 heteroatoms. The lowest BCUT2D eigenvalue weighted by molar-refractivity contribution is -0.148. The second kappa shape index (κ2) is 5.64. The Morgan fingerprint density at radius 3 is 3.10 bits per heavy atom. The number of hydrogen-bond donors (Lipinski definition) is 1. The molecular weight excluding hydrogens is 271 g/mol. The van der Waals surface area contributed by atoms with Gasteiger partial charge < -0.3 is 15.0 Å². The van der Waals surface area contributed by atoms with Gasteiger partial charge in [0.05, 0.1) is 7.11 Å². The Morgan fingerprint density at radius 2 is 2.33 bits per heavy atom. The molecule has 1 aromatic rings. The van der Waals surface area contributed by atoms with Crippen molar-refractivity contribution in [2.45, 2.75) is 37.3 Å². The van der Waals surface area contributed by atoms with Crippen molar-refractivity contribution in [1.82, 2.24) is 4.90 Å². The van der Waals surface area contributed by atoms with Gasteiger partial charge in [-0.2, -0.15) is 0 Å². The van der Waals surface area contributed by atoms with Gasteiger partial charge in [-0.15, -0.1) is 0 Å². The van der Waals surface area contributed by atoms with Gasteiger partial charge in [-0.1, -0.05) is 6.07 Å². The van der Waals surface area contributed by atoms with Crippen LogP contribution in [0, 0.1) is 5.82 Å². The molecule has 114 valence electrons. The summed E-state index contributed by atoms with van der Waals surface area (Å²) in [5, 5.41) is 3.26. The second-order valence-corrected chi connectivity index (χ2v) is 6.00. The minimum absolute atomic E-state index is 0.252. The summed E-state index contributed by atoms with van der Waals surface area (Å²) >= 11 is 0. The normalized spacial score (nSPS) is 29.0. The minimum Gasteiger partial charge on any atom is -0.467 e. The van der Waals surface area contributed by atoms with Crippen LogP contribution in [0.1, 0.15) is 25.7 Å². The molecule has 21 heavy (non-hydrogen) atoms. The first-order valence-electron chi connectivity index (χ1n) is 7.49. The number of esters is 1. The summed E-state index contributed by atoms with van der Waals surface area (Å²) in [4.78, 5) is 14.8. The summed E-state index contributed by atoms with van der Waals surface area (Å²) in [6.45, 7) is 1.99. The number of ether oxygens (including phenoxy) is 1. The SMILES string of the molecule is COC(=O)C1(Nc2cccc(F)c2)CCN2CCCC2C1. The Balaban J connectivity index is 1.85. The van der Waals surface area contributed by atoms with Crippen molar-refractivity contribution in [3.05, 3.63) is 30.1 Å². The standard InChI is InChI=1S/C16H21FN2O2/c1-21-15(20)16(18-13-5-2-4-12(17)10-13)7-9-19-8-3-6-14(19)11-16/h2,4-5,10,14,18H,3,6-9,11H2,1H3. The van der Waals surface area contributed by atoms with E-state index in [-0.39, 0.29) is 11.8 Å². The summed E-state index contributed by atoms with van der Waals surface area (Å²) in [6.07, 6.45) is 3.70. The van der Waals surface area contributed by atoms with Crippen molar-refractivity contribution in [2.24, 2.45) is 0 Å². The Hall–Kier alpha value is -1.62. The molecule has 0 aliphatic carbocycles. The first-order valence-corrected chi connectivity index (χ1v) is 7.49. The van der Waals surface area contributed by atoms with Crippen LogP contribution in [0.4, 0.5) is 10.1 Å². The fourth-order valence-electron chi connectivity index (χ4n) is 3.65. The quantitative estimate of drug-likeness (QED) is 0.869. The van der Waals surface area contributed by atoms with Crippen LogP contribution in [-0.4, -0.2) is 42.6 Å². The van der Waals surface area contributed by atoms with Crippen LogP contribution in [0.2, 0.25) is 0 Å². The molecule has 2 aliphatic heterocycles. The first-order chi connectivity index (χ1) is 10.1. The van der Waals surface area contributed by atoms with Crippen LogP contribution in [0.5, 0.6) is 0 Å². The molecule has 0 spiro atoms. The number of piperidine rings is 1. The molecule has 2 unspecified atom stereocenters. The van der Waals surface area contributed by atoms with Gasteiger partial charge in [0, 0.05) is 18.3 Å². The predicted octanol–water partition coefficient (Wildman–Crippen LogP) is 2.41. The van der Waals surface area contributed by atoms with Crippen LogP contribution in [-0.2, 0) is 9.53 Å². The van der Waals surface area contributed by atoms with E-state index in [4.69, 9.17) is 4.74 Å². The van der Waals surface area contributed by atoms with Crippen LogP contribution in [0.3, 0.4) is 0 Å². The van der Waals surface area contributed by atoms with Crippen molar-refractivity contribution in [3.8, 4) is 0 Å². The average molecular weight is 292 g/mol. The number of benzene rings is 1. The summed E-state index contributed by atoms with van der Waals surface area (Å²) in [6, 6.07) is 6.67. The Kier molecular flexibility index (Phi) is 3.85. The lowest BCUT2D eigenvalue weighted by Gasteiger charge is -2.43. The average Bonchev–Trinajstić information content (AvgIpc) is 2.93. The van der Waals surface area contributed by atoms with Gasteiger partial charge in [-0.3, -0.25) is 0 Å². The van der Waals surface area contributed by atoms with E-state index in [2.05, 4.69) is 10.2 Å². The number of carbonyl (C=O) groups excluding carboxylic acids is 1. The molecule has 2 atom stereocenters. The maximum Gasteiger partial charge on any atom is 0.331 e. The lowest BCUT2D eigenvalue weighted by atomic mass is 9.83. The molecule has 0 aromatic heterocycles. The molecule has 0 bridgehead atoms. The zero-order valence-corrected chi connectivity index (χ0v) is 12.3. The smallest absolute Gasteiger partial charge is 0.331 e. The molecule has 0 amide bonds. The van der Waals surface area contributed by atoms with Crippen LogP contribution >= 0.6 is 0 Å². The first kappa shape index (κ1) is 14.3. The molecule has 0 radical (unpaired) electrons. The largest absolute Gasteiger partial charge is 0.467 e. The van der Waals surface area contributed by atoms with E-state index in [1.54, 1.807) is 12.1 Å². The minimum atomic E-state index is -0.742. The van der Waals surface area contributed by atoms with Gasteiger partial charge in [-0.05, 0) is 50.4 Å². The number of fused-ring (bicyclic) bond motifs is 1. The van der Waals surface area contributed by atoms with Crippen LogP contribution in [0.25, 0.3) is 0 Å². The summed E-state index contributed by atoms with van der Waals surface area (Å²) < 4.78 is 18.4. The fraction of sp³-hybridized carbons (Fsp3) is 0.562. The van der Waals surface area contributed by atoms with Crippen molar-refractivity contribution in [1.29, 1.82) is 0 Å². The van der Waals surface area contributed by atoms with E-state index in [0.29, 0.717) is 18.2 Å². The topological polar surface area (TPSA) is 41.6 Å². The molecular formula is C16H21FN2O2. The number of halogens is 1. The number of nitrogens with one attached hydrogen (secondary N) is 1. The van der Waals surface area contributed by atoms with Crippen molar-refractivity contribution < 1.29 is 13.9 Å². The van der Waals surface area contributed by atoms with Gasteiger partial charge in [-0.25, -0.2) is 9.18 Å². The fourth-order valence-corrected chi connectivity index (χ4v) is 3.65. The third kappa shape index (κ3) is 2.75. The number of nitrogens with zero attached hydrogens (tertiary/aromatic N) is 1. The third-order valence-electron chi connectivity index (χ3n) is 4.69. The van der Waals surface area contributed by atoms with Crippen LogP contribution < -0.4 is 5.32 Å². The molecule has 0 saturated carbocycles. The van der Waals surface area contributed by atoms with E-state index in [0.717, 1.165) is 25.9 Å². The number of hydrogen-bond acceptors (Lipinski definition) is 4. The highest BCUT2D eigenvalue weighted by Gasteiger charge is 2.47. The zero-order chi connectivity index (χ0) is 14.9. The molecule has 2 heterocycles. The number of methoxy groups -OCH3 is 1. The summed E-state index contributed by atoms with van der Waals surface area (Å²) in [5.74, 6) is -0.559. The molecule has 2 fully saturated rings. The Bertz CT molecular complexity index is 537. The molecule has 1 N–H and O–H groups in total. The van der Waals surface area contributed by atoms with E-state index >= 15 is 0 Å². The van der Waals surface area contributed by atoms with E-state index in [9.17, 15) is 9.18 Å². The number of carbonyl (C=O) groups is 1. The highest BCUT2D eigenvalue weighted by molar-refractivity contribution is 5.84. The van der Waals surface area contributed by atoms with E-state index < -0.39 is 5.54 Å². The molecule has 2 saturated heterocycles. The molecule has 4 nitrogen and oxygen atoms in total. The van der Waals surface area contributed by atoms with Crippen molar-refractivity contribution >= 4 is 11.7 Å². The molecule has 1 aromatic carbocycles. The van der Waals surface area contributed by atoms with Gasteiger partial charge in [0.25, 0.3) is 0 Å². The Morgan fingerprint density at radius 1 is 1.48 bits per heavy atom. The molecule has 2 aliphatic rings. The monoisotopic (exact) mass is 292 g/mol. The molecule has 3 rings (SSSR count). The second-order valence-electron chi connectivity index (χ2n) is 6.00. The van der Waals surface area contributed by atoms with Crippen molar-refractivity contribution in [2.75, 3.05) is 25.5 Å². The number of rotatable bonds is 3. The van der Waals surface area contributed by atoms with Gasteiger partial charge in [0.15, 0.2) is 0 Å². The zero-order valence-electron chi connectivity index (χ0n) is 12.3. The van der Waals surface area contributed by atoms with Gasteiger partial charge in [0.1, 0.15) is 11.4 Å².